The number of nitrogens with zero attached hydrogens (tertiary/aromatic N) is 1. The van der Waals surface area contributed by atoms with Crippen molar-refractivity contribution < 1.29 is 0 Å². The molecule has 0 fully saturated rings. The molecule has 0 aromatic heterocycles. The summed E-state index contributed by atoms with van der Waals surface area (Å²) in [6.07, 6.45) is 0. The molecular weight excluding hydrogens is 266 g/mol. The van der Waals surface area contributed by atoms with Gasteiger partial charge < -0.3 is 15.5 Å². The topological polar surface area (TPSA) is 27.3 Å². The number of aryl methyl sites for hydroxylation is 2. The van der Waals surface area contributed by atoms with Gasteiger partial charge in [0.05, 0.1) is 0 Å². The normalized spacial score (nSPS) is 11.6. The smallest absolute Gasteiger partial charge is 0.170 e. The zero-order valence-electron chi connectivity index (χ0n) is 13.5. The van der Waals surface area contributed by atoms with Crippen molar-refractivity contribution in [1.82, 2.24) is 10.2 Å². The number of hydrogen-bond donors (Lipinski definition) is 2. The standard InChI is InChI=1S/C16H27N3S/c1-12-8-7-9-13(2)14(12)18-15(20)17-10-16(3,4)11-19(5)6/h7-9H,10-11H2,1-6H3,(H2,17,18,20). The van der Waals surface area contributed by atoms with Crippen LogP contribution in [0.5, 0.6) is 0 Å². The Labute approximate surface area is 128 Å². The summed E-state index contributed by atoms with van der Waals surface area (Å²) < 4.78 is 0. The number of benzene rings is 1. The minimum absolute atomic E-state index is 0.177. The first-order valence-electron chi connectivity index (χ1n) is 6.97. The van der Waals surface area contributed by atoms with Crippen LogP contribution in [0.25, 0.3) is 0 Å². The molecule has 3 nitrogen and oxygen atoms in total. The minimum atomic E-state index is 0.177. The average Bonchev–Trinajstić information content (AvgIpc) is 2.30. The van der Waals surface area contributed by atoms with Gasteiger partial charge in [-0.1, -0.05) is 32.0 Å². The summed E-state index contributed by atoms with van der Waals surface area (Å²) in [6, 6.07) is 6.24. The van der Waals surface area contributed by atoms with E-state index in [4.69, 9.17) is 12.2 Å². The lowest BCUT2D eigenvalue weighted by molar-refractivity contribution is 0.242. The molecule has 0 aliphatic rings. The first-order chi connectivity index (χ1) is 9.21. The lowest BCUT2D eigenvalue weighted by Gasteiger charge is -2.29. The minimum Gasteiger partial charge on any atom is -0.362 e. The fourth-order valence-corrected chi connectivity index (χ4v) is 2.58. The van der Waals surface area contributed by atoms with Gasteiger partial charge in [0.15, 0.2) is 5.11 Å². The van der Waals surface area contributed by atoms with Gasteiger partial charge in [-0.15, -0.1) is 0 Å². The van der Waals surface area contributed by atoms with E-state index in [9.17, 15) is 0 Å². The average molecular weight is 293 g/mol. The van der Waals surface area contributed by atoms with Crippen molar-refractivity contribution in [1.29, 1.82) is 0 Å². The molecule has 1 aromatic rings. The maximum Gasteiger partial charge on any atom is 0.170 e. The molecule has 0 aliphatic carbocycles. The number of nitrogens with one attached hydrogen (secondary N) is 2. The van der Waals surface area contributed by atoms with E-state index in [1.807, 2.05) is 0 Å². The van der Waals surface area contributed by atoms with Gasteiger partial charge in [-0.25, -0.2) is 0 Å². The van der Waals surface area contributed by atoms with Crippen molar-refractivity contribution in [3.8, 4) is 0 Å². The lowest BCUT2D eigenvalue weighted by Crippen LogP contribution is -2.41. The van der Waals surface area contributed by atoms with Gasteiger partial charge in [-0.2, -0.15) is 0 Å². The van der Waals surface area contributed by atoms with Crippen LogP contribution < -0.4 is 10.6 Å². The van der Waals surface area contributed by atoms with Crippen LogP contribution in [0, 0.1) is 19.3 Å². The highest BCUT2D eigenvalue weighted by Crippen LogP contribution is 2.19. The Morgan fingerprint density at radius 2 is 1.75 bits per heavy atom. The van der Waals surface area contributed by atoms with Gasteiger partial charge in [-0.05, 0) is 56.7 Å². The molecule has 2 N–H and O–H groups in total. The van der Waals surface area contributed by atoms with E-state index in [0.717, 1.165) is 18.8 Å². The molecule has 0 heterocycles. The van der Waals surface area contributed by atoms with Crippen molar-refractivity contribution in [3.05, 3.63) is 29.3 Å². The molecule has 0 bridgehead atoms. The fourth-order valence-electron chi connectivity index (χ4n) is 2.40. The highest BCUT2D eigenvalue weighted by atomic mass is 32.1. The summed E-state index contributed by atoms with van der Waals surface area (Å²) in [5, 5.41) is 7.33. The summed E-state index contributed by atoms with van der Waals surface area (Å²) in [5.41, 5.74) is 3.70. The van der Waals surface area contributed by atoms with Gasteiger partial charge in [0.1, 0.15) is 0 Å². The molecule has 0 radical (unpaired) electrons. The van der Waals surface area contributed by atoms with Crippen molar-refractivity contribution in [2.45, 2.75) is 27.7 Å². The van der Waals surface area contributed by atoms with E-state index < -0.39 is 0 Å². The third-order valence-corrected chi connectivity index (χ3v) is 3.44. The summed E-state index contributed by atoms with van der Waals surface area (Å²) in [4.78, 5) is 2.20. The fraction of sp³-hybridized carbons (Fsp3) is 0.562. The SMILES string of the molecule is Cc1cccc(C)c1NC(=S)NCC(C)(C)CN(C)C. The van der Waals surface area contributed by atoms with Gasteiger partial charge in [0.25, 0.3) is 0 Å². The van der Waals surface area contributed by atoms with Crippen LogP contribution >= 0.6 is 12.2 Å². The Kier molecular flexibility index (Phi) is 5.96. The van der Waals surface area contributed by atoms with E-state index in [0.29, 0.717) is 5.11 Å². The van der Waals surface area contributed by atoms with E-state index in [2.05, 4.69) is 75.5 Å². The highest BCUT2D eigenvalue weighted by molar-refractivity contribution is 7.80. The van der Waals surface area contributed by atoms with Crippen molar-refractivity contribution in [2.24, 2.45) is 5.41 Å². The van der Waals surface area contributed by atoms with E-state index in [1.54, 1.807) is 0 Å². The number of thiocarbonyl (C=S) groups is 1. The predicted molar refractivity (Wildman–Crippen MR) is 92.5 cm³/mol. The molecule has 0 spiro atoms. The molecule has 0 unspecified atom stereocenters. The van der Waals surface area contributed by atoms with Crippen LogP contribution in [0.2, 0.25) is 0 Å². The Hall–Kier alpha value is -1.13. The third-order valence-electron chi connectivity index (χ3n) is 3.19. The molecule has 0 amide bonds. The second kappa shape index (κ2) is 7.04. The maximum absolute atomic E-state index is 5.40. The first-order valence-corrected chi connectivity index (χ1v) is 7.38. The Morgan fingerprint density at radius 1 is 1.20 bits per heavy atom. The number of anilines is 1. The number of para-hydroxylation sites is 1. The van der Waals surface area contributed by atoms with Crippen molar-refractivity contribution in [2.75, 3.05) is 32.5 Å². The Morgan fingerprint density at radius 3 is 2.25 bits per heavy atom. The molecule has 0 saturated heterocycles. The summed E-state index contributed by atoms with van der Waals surface area (Å²) in [7, 11) is 4.18. The number of hydrogen-bond acceptors (Lipinski definition) is 2. The first kappa shape index (κ1) is 16.9. The second-order valence-electron chi connectivity index (χ2n) is 6.48. The molecule has 0 saturated carbocycles. The Balaban J connectivity index is 2.56. The lowest BCUT2D eigenvalue weighted by atomic mass is 9.93. The summed E-state index contributed by atoms with van der Waals surface area (Å²) in [5.74, 6) is 0. The second-order valence-corrected chi connectivity index (χ2v) is 6.88. The van der Waals surface area contributed by atoms with Crippen LogP contribution in [0.15, 0.2) is 18.2 Å². The largest absolute Gasteiger partial charge is 0.362 e. The van der Waals surface area contributed by atoms with E-state index >= 15 is 0 Å². The maximum atomic E-state index is 5.40. The third kappa shape index (κ3) is 5.47. The van der Waals surface area contributed by atoms with Gasteiger partial charge >= 0.3 is 0 Å². The summed E-state index contributed by atoms with van der Waals surface area (Å²) in [6.45, 7) is 10.5. The monoisotopic (exact) mass is 293 g/mol. The van der Waals surface area contributed by atoms with E-state index in [1.165, 1.54) is 11.1 Å². The Bertz CT molecular complexity index is 447. The molecular formula is C16H27N3S. The predicted octanol–water partition coefficient (Wildman–Crippen LogP) is 3.18. The van der Waals surface area contributed by atoms with Crippen LogP contribution in [-0.2, 0) is 0 Å². The zero-order chi connectivity index (χ0) is 15.3. The molecule has 0 atom stereocenters. The molecule has 4 heteroatoms. The van der Waals surface area contributed by atoms with Crippen LogP contribution in [0.3, 0.4) is 0 Å². The van der Waals surface area contributed by atoms with Crippen molar-refractivity contribution in [3.63, 3.8) is 0 Å². The quantitative estimate of drug-likeness (QED) is 0.816. The zero-order valence-corrected chi connectivity index (χ0v) is 14.3. The number of rotatable bonds is 5. The van der Waals surface area contributed by atoms with E-state index in [-0.39, 0.29) is 5.41 Å². The van der Waals surface area contributed by atoms with Crippen LogP contribution in [-0.4, -0.2) is 37.2 Å². The molecule has 0 aliphatic heterocycles. The van der Waals surface area contributed by atoms with Gasteiger partial charge in [0.2, 0.25) is 0 Å². The van der Waals surface area contributed by atoms with Crippen LogP contribution in [0.4, 0.5) is 5.69 Å². The summed E-state index contributed by atoms with van der Waals surface area (Å²) >= 11 is 5.40. The van der Waals surface area contributed by atoms with Gasteiger partial charge in [0, 0.05) is 18.8 Å². The molecule has 1 aromatic carbocycles. The molecule has 112 valence electrons. The van der Waals surface area contributed by atoms with Crippen LogP contribution in [0.1, 0.15) is 25.0 Å². The van der Waals surface area contributed by atoms with Gasteiger partial charge in [-0.3, -0.25) is 0 Å². The molecule has 1 rings (SSSR count). The van der Waals surface area contributed by atoms with Crippen molar-refractivity contribution >= 4 is 23.0 Å². The highest BCUT2D eigenvalue weighted by Gasteiger charge is 2.19. The molecule has 20 heavy (non-hydrogen) atoms.